The number of ether oxygens (including phenoxy) is 1. The van der Waals surface area contributed by atoms with Crippen LogP contribution in [-0.2, 0) is 37.4 Å². The Morgan fingerprint density at radius 1 is 0.977 bits per heavy atom. The topological polar surface area (TPSA) is 122 Å². The quantitative estimate of drug-likeness (QED) is 0.325. The van der Waals surface area contributed by atoms with Gasteiger partial charge in [-0.05, 0) is 42.0 Å². The summed E-state index contributed by atoms with van der Waals surface area (Å²) in [6.07, 6.45) is 2.35. The summed E-state index contributed by atoms with van der Waals surface area (Å²) < 4.78 is 34.5. The molecule has 2 aliphatic rings. The Kier molecular flexibility index (Phi) is 8.68. The summed E-state index contributed by atoms with van der Waals surface area (Å²) in [4.78, 5) is 40.9. The number of likely N-dealkylation sites (tertiary alicyclic amines) is 1. The second-order valence-corrected chi connectivity index (χ2v) is 12.9. The molecule has 1 saturated carbocycles. The average Bonchev–Trinajstić information content (AvgIpc) is 3.56. The third-order valence-corrected chi connectivity index (χ3v) is 9.53. The molecule has 1 aliphatic carbocycles. The van der Waals surface area contributed by atoms with E-state index in [9.17, 15) is 22.8 Å². The molecule has 5 rings (SSSR count). The SMILES string of the molecule is C=C[C@@H]1C[C@]1(NC(=O)[C@@H]1CN(C(C)=O)C[C@H]1Cc1ccccc1)C(=O)NS(=O)(=O)c1cccc(OCc2ccccc2)c1. The second kappa shape index (κ2) is 12.4. The maximum atomic E-state index is 13.7. The fourth-order valence-corrected chi connectivity index (χ4v) is 6.71. The lowest BCUT2D eigenvalue weighted by Crippen LogP contribution is -2.54. The standard InChI is InChI=1S/C33H35N3O6S/c1-3-27-19-33(27,34-31(38)30-21-36(23(2)37)20-26(30)17-24-11-6-4-7-12-24)32(39)35-43(40,41)29-16-10-15-28(18-29)42-22-25-13-8-5-9-14-25/h3-16,18,26-27,30H,1,17,19-22H2,2H3,(H,34,38)(H,35,39)/t26-,27-,30-,33-/m1/s1. The molecule has 3 aromatic rings. The first kappa shape index (κ1) is 30.0. The molecule has 4 atom stereocenters. The summed E-state index contributed by atoms with van der Waals surface area (Å²) in [5, 5.41) is 2.86. The van der Waals surface area contributed by atoms with E-state index in [0.29, 0.717) is 18.7 Å². The van der Waals surface area contributed by atoms with Gasteiger partial charge in [-0.2, -0.15) is 0 Å². The van der Waals surface area contributed by atoms with Crippen molar-refractivity contribution in [1.29, 1.82) is 0 Å². The van der Waals surface area contributed by atoms with Crippen molar-refractivity contribution in [3.8, 4) is 5.75 Å². The highest BCUT2D eigenvalue weighted by atomic mass is 32.2. The van der Waals surface area contributed by atoms with E-state index in [1.807, 2.05) is 60.7 Å². The molecular formula is C33H35N3O6S. The first-order chi connectivity index (χ1) is 20.6. The van der Waals surface area contributed by atoms with Crippen LogP contribution in [0.4, 0.5) is 0 Å². The molecule has 0 aromatic heterocycles. The Hall–Kier alpha value is -4.44. The number of carbonyl (C=O) groups excluding carboxylic acids is 3. The van der Waals surface area contributed by atoms with Gasteiger partial charge in [0.2, 0.25) is 11.8 Å². The summed E-state index contributed by atoms with van der Waals surface area (Å²) in [7, 11) is -4.28. The van der Waals surface area contributed by atoms with Crippen molar-refractivity contribution in [3.63, 3.8) is 0 Å². The van der Waals surface area contributed by atoms with Crippen molar-refractivity contribution in [2.75, 3.05) is 13.1 Å². The van der Waals surface area contributed by atoms with Gasteiger partial charge in [0.05, 0.1) is 10.8 Å². The first-order valence-corrected chi connectivity index (χ1v) is 15.7. The van der Waals surface area contributed by atoms with E-state index in [0.717, 1.165) is 11.1 Å². The number of carbonyl (C=O) groups is 3. The fourth-order valence-electron chi connectivity index (χ4n) is 5.64. The summed E-state index contributed by atoms with van der Waals surface area (Å²) in [5.41, 5.74) is 0.513. The predicted octanol–water partition coefficient (Wildman–Crippen LogP) is 3.47. The van der Waals surface area contributed by atoms with Crippen LogP contribution in [0.2, 0.25) is 0 Å². The van der Waals surface area contributed by atoms with Gasteiger partial charge in [0, 0.05) is 32.0 Å². The van der Waals surface area contributed by atoms with Crippen LogP contribution in [0.1, 0.15) is 24.5 Å². The Morgan fingerprint density at radius 3 is 2.28 bits per heavy atom. The largest absolute Gasteiger partial charge is 0.489 e. The molecule has 3 amide bonds. The van der Waals surface area contributed by atoms with E-state index in [4.69, 9.17) is 4.74 Å². The zero-order valence-electron chi connectivity index (χ0n) is 23.9. The van der Waals surface area contributed by atoms with Gasteiger partial charge in [-0.15, -0.1) is 6.58 Å². The number of hydrogen-bond donors (Lipinski definition) is 2. The van der Waals surface area contributed by atoms with E-state index in [-0.39, 0.29) is 36.3 Å². The smallest absolute Gasteiger partial charge is 0.264 e. The van der Waals surface area contributed by atoms with Gasteiger partial charge in [0.25, 0.3) is 15.9 Å². The third-order valence-electron chi connectivity index (χ3n) is 8.21. The number of nitrogens with zero attached hydrogens (tertiary/aromatic N) is 1. The predicted molar refractivity (Wildman–Crippen MR) is 161 cm³/mol. The molecule has 1 saturated heterocycles. The van der Waals surface area contributed by atoms with Crippen molar-refractivity contribution in [3.05, 3.63) is 109 Å². The first-order valence-electron chi connectivity index (χ1n) is 14.2. The van der Waals surface area contributed by atoms with Crippen LogP contribution in [-0.4, -0.2) is 49.7 Å². The van der Waals surface area contributed by atoms with E-state index in [1.165, 1.54) is 25.1 Å². The van der Waals surface area contributed by atoms with Crippen LogP contribution in [0.15, 0.2) is 102 Å². The van der Waals surface area contributed by atoms with Crippen LogP contribution in [0.25, 0.3) is 0 Å². The molecular weight excluding hydrogens is 566 g/mol. The number of benzene rings is 3. The Balaban J connectivity index is 1.29. The van der Waals surface area contributed by atoms with Crippen LogP contribution in [0, 0.1) is 17.8 Å². The summed E-state index contributed by atoms with van der Waals surface area (Å²) >= 11 is 0. The molecule has 0 spiro atoms. The maximum absolute atomic E-state index is 13.7. The van der Waals surface area contributed by atoms with Gasteiger partial charge in [0.15, 0.2) is 0 Å². The minimum Gasteiger partial charge on any atom is -0.489 e. The molecule has 0 bridgehead atoms. The highest BCUT2D eigenvalue weighted by molar-refractivity contribution is 7.90. The van der Waals surface area contributed by atoms with Crippen molar-refractivity contribution < 1.29 is 27.5 Å². The normalized spacial score (nSPS) is 22.8. The summed E-state index contributed by atoms with van der Waals surface area (Å²) in [6, 6.07) is 25.1. The Morgan fingerprint density at radius 2 is 1.65 bits per heavy atom. The van der Waals surface area contributed by atoms with Crippen LogP contribution in [0.3, 0.4) is 0 Å². The number of hydrogen-bond acceptors (Lipinski definition) is 6. The van der Waals surface area contributed by atoms with E-state index >= 15 is 0 Å². The third kappa shape index (κ3) is 6.80. The van der Waals surface area contributed by atoms with E-state index in [2.05, 4.69) is 16.6 Å². The van der Waals surface area contributed by atoms with E-state index in [1.54, 1.807) is 17.0 Å². The summed E-state index contributed by atoms with van der Waals surface area (Å²) in [5.74, 6) is -2.18. The highest BCUT2D eigenvalue weighted by Crippen LogP contribution is 2.45. The number of sulfonamides is 1. The molecule has 2 N–H and O–H groups in total. The lowest BCUT2D eigenvalue weighted by atomic mass is 9.88. The van der Waals surface area contributed by atoms with Gasteiger partial charge >= 0.3 is 0 Å². The number of amides is 3. The molecule has 1 aliphatic heterocycles. The fraction of sp³-hybridized carbons (Fsp3) is 0.303. The minimum atomic E-state index is -4.28. The van der Waals surface area contributed by atoms with Crippen LogP contribution < -0.4 is 14.8 Å². The van der Waals surface area contributed by atoms with Crippen molar-refractivity contribution in [1.82, 2.24) is 14.9 Å². The van der Waals surface area contributed by atoms with Crippen molar-refractivity contribution >= 4 is 27.7 Å². The zero-order chi connectivity index (χ0) is 30.6. The molecule has 0 radical (unpaired) electrons. The van der Waals surface area contributed by atoms with Gasteiger partial charge in [-0.1, -0.05) is 72.8 Å². The molecule has 224 valence electrons. The number of rotatable bonds is 11. The minimum absolute atomic E-state index is 0.128. The number of nitrogens with one attached hydrogen (secondary N) is 2. The van der Waals surface area contributed by atoms with Crippen molar-refractivity contribution in [2.45, 2.75) is 36.8 Å². The lowest BCUT2D eigenvalue weighted by Gasteiger charge is -2.23. The van der Waals surface area contributed by atoms with Crippen molar-refractivity contribution in [2.24, 2.45) is 17.8 Å². The van der Waals surface area contributed by atoms with Gasteiger partial charge in [-0.25, -0.2) is 13.1 Å². The average molecular weight is 602 g/mol. The van der Waals surface area contributed by atoms with Crippen LogP contribution in [0.5, 0.6) is 5.75 Å². The molecule has 1 heterocycles. The second-order valence-electron chi connectivity index (χ2n) is 11.2. The molecule has 43 heavy (non-hydrogen) atoms. The van der Waals surface area contributed by atoms with Gasteiger partial charge < -0.3 is 15.0 Å². The molecule has 2 fully saturated rings. The molecule has 10 heteroatoms. The van der Waals surface area contributed by atoms with E-state index < -0.39 is 39.2 Å². The summed E-state index contributed by atoms with van der Waals surface area (Å²) in [6.45, 7) is 6.14. The van der Waals surface area contributed by atoms with Crippen LogP contribution >= 0.6 is 0 Å². The van der Waals surface area contributed by atoms with Gasteiger partial charge in [-0.3, -0.25) is 14.4 Å². The maximum Gasteiger partial charge on any atom is 0.264 e. The molecule has 9 nitrogen and oxygen atoms in total. The highest BCUT2D eigenvalue weighted by Gasteiger charge is 2.61. The Labute approximate surface area is 252 Å². The molecule has 3 aromatic carbocycles. The monoisotopic (exact) mass is 601 g/mol. The Bertz CT molecular complexity index is 1610. The zero-order valence-corrected chi connectivity index (χ0v) is 24.8. The lowest BCUT2D eigenvalue weighted by molar-refractivity contribution is -0.132. The van der Waals surface area contributed by atoms with Gasteiger partial charge in [0.1, 0.15) is 17.9 Å². The molecule has 0 unspecified atom stereocenters.